The van der Waals surface area contributed by atoms with Gasteiger partial charge in [-0.2, -0.15) is 5.10 Å². The zero-order valence-electron chi connectivity index (χ0n) is 21.0. The van der Waals surface area contributed by atoms with Gasteiger partial charge in [-0.3, -0.25) is 9.10 Å². The maximum absolute atomic E-state index is 13.6. The molecule has 0 saturated carbocycles. The van der Waals surface area contributed by atoms with Crippen LogP contribution in [0.5, 0.6) is 17.2 Å². The molecule has 5 rings (SSSR count). The molecule has 0 radical (unpaired) electrons. The van der Waals surface area contributed by atoms with Crippen LogP contribution in [-0.2, 0) is 16.6 Å². The van der Waals surface area contributed by atoms with Gasteiger partial charge in [0.2, 0.25) is 6.79 Å². The molecule has 10 heteroatoms. The third-order valence-corrected chi connectivity index (χ3v) is 7.80. The standard InChI is InChI=1S/C29H25N3O6S/c1-36-25-14-12-24(13-15-25)32(39(34,35)26-5-3-2-4-6-26)19-21-7-10-23(11-8-21)29(33)31-30-18-22-9-16-27-28(17-22)38-20-37-27/h2-18H,19-20H2,1H3,(H,31,33)/b30-18-. The number of hydrazone groups is 1. The molecule has 1 amide bonds. The minimum atomic E-state index is -3.86. The molecule has 4 aromatic carbocycles. The number of nitrogens with one attached hydrogen (secondary N) is 1. The van der Waals surface area contributed by atoms with Crippen LogP contribution in [0.25, 0.3) is 0 Å². The Balaban J connectivity index is 1.31. The highest BCUT2D eigenvalue weighted by molar-refractivity contribution is 7.92. The Morgan fingerprint density at radius 2 is 1.67 bits per heavy atom. The average molecular weight is 544 g/mol. The summed E-state index contributed by atoms with van der Waals surface area (Å²) in [4.78, 5) is 12.8. The van der Waals surface area contributed by atoms with E-state index in [0.717, 1.165) is 5.56 Å². The molecule has 9 nitrogen and oxygen atoms in total. The van der Waals surface area contributed by atoms with Gasteiger partial charge in [-0.05, 0) is 77.9 Å². The molecule has 0 aliphatic carbocycles. The van der Waals surface area contributed by atoms with Crippen molar-refractivity contribution in [3.8, 4) is 17.2 Å². The van der Waals surface area contributed by atoms with Crippen LogP contribution in [0.2, 0.25) is 0 Å². The molecular weight excluding hydrogens is 518 g/mol. The number of hydrogen-bond acceptors (Lipinski definition) is 7. The summed E-state index contributed by atoms with van der Waals surface area (Å²) in [6.07, 6.45) is 1.51. The van der Waals surface area contributed by atoms with Crippen molar-refractivity contribution in [2.45, 2.75) is 11.4 Å². The molecule has 1 heterocycles. The quantitative estimate of drug-likeness (QED) is 0.245. The number of nitrogens with zero attached hydrogens (tertiary/aromatic N) is 2. The Bertz CT molecular complexity index is 1590. The van der Waals surface area contributed by atoms with Crippen LogP contribution in [0.3, 0.4) is 0 Å². The van der Waals surface area contributed by atoms with Gasteiger partial charge in [0.1, 0.15) is 5.75 Å². The van der Waals surface area contributed by atoms with E-state index in [0.29, 0.717) is 34.1 Å². The highest BCUT2D eigenvalue weighted by Gasteiger charge is 2.25. The number of benzene rings is 4. The third-order valence-electron chi connectivity index (χ3n) is 6.01. The fourth-order valence-corrected chi connectivity index (χ4v) is 5.41. The highest BCUT2D eigenvalue weighted by Crippen LogP contribution is 2.32. The fourth-order valence-electron chi connectivity index (χ4n) is 3.93. The summed E-state index contributed by atoms with van der Waals surface area (Å²) in [5, 5.41) is 4.02. The molecule has 1 aliphatic rings. The van der Waals surface area contributed by atoms with E-state index in [9.17, 15) is 13.2 Å². The number of sulfonamides is 1. The van der Waals surface area contributed by atoms with Gasteiger partial charge < -0.3 is 14.2 Å². The van der Waals surface area contributed by atoms with E-state index in [2.05, 4.69) is 10.5 Å². The second kappa shape index (κ2) is 11.3. The Morgan fingerprint density at radius 1 is 0.949 bits per heavy atom. The Kier molecular flexibility index (Phi) is 7.46. The predicted molar refractivity (Wildman–Crippen MR) is 147 cm³/mol. The predicted octanol–water partition coefficient (Wildman–Crippen LogP) is 4.58. The fraction of sp³-hybridized carbons (Fsp3) is 0.103. The van der Waals surface area contributed by atoms with Crippen LogP contribution in [0.4, 0.5) is 5.69 Å². The SMILES string of the molecule is COc1ccc(N(Cc2ccc(C(=O)N/N=C\c3ccc4c(c3)OCO4)cc2)S(=O)(=O)c2ccccc2)cc1. The van der Waals surface area contributed by atoms with Crippen molar-refractivity contribution in [3.63, 3.8) is 0 Å². The number of amides is 1. The van der Waals surface area contributed by atoms with Crippen molar-refractivity contribution in [2.75, 3.05) is 18.2 Å². The first-order valence-corrected chi connectivity index (χ1v) is 13.4. The van der Waals surface area contributed by atoms with Crippen molar-refractivity contribution in [3.05, 3.63) is 114 Å². The van der Waals surface area contributed by atoms with Crippen LogP contribution in [0.1, 0.15) is 21.5 Å². The lowest BCUT2D eigenvalue weighted by atomic mass is 10.1. The largest absolute Gasteiger partial charge is 0.497 e. The molecule has 0 bridgehead atoms. The first kappa shape index (κ1) is 25.8. The number of hydrogen-bond donors (Lipinski definition) is 1. The number of rotatable bonds is 9. The molecule has 0 spiro atoms. The number of carbonyl (C=O) groups excluding carboxylic acids is 1. The van der Waals surface area contributed by atoms with E-state index in [4.69, 9.17) is 14.2 Å². The first-order chi connectivity index (χ1) is 18.9. The van der Waals surface area contributed by atoms with Gasteiger partial charge in [0, 0.05) is 5.56 Å². The van der Waals surface area contributed by atoms with E-state index in [-0.39, 0.29) is 18.2 Å². The maximum Gasteiger partial charge on any atom is 0.271 e. The second-order valence-corrected chi connectivity index (χ2v) is 10.4. The van der Waals surface area contributed by atoms with Crippen LogP contribution in [0, 0.1) is 0 Å². The first-order valence-electron chi connectivity index (χ1n) is 12.0. The van der Waals surface area contributed by atoms with Crippen molar-refractivity contribution >= 4 is 27.8 Å². The lowest BCUT2D eigenvalue weighted by Crippen LogP contribution is -2.30. The van der Waals surface area contributed by atoms with Gasteiger partial charge in [-0.1, -0.05) is 30.3 Å². The van der Waals surface area contributed by atoms with Crippen molar-refractivity contribution in [1.82, 2.24) is 5.43 Å². The highest BCUT2D eigenvalue weighted by atomic mass is 32.2. The Labute approximate surface area is 226 Å². The molecule has 1 N–H and O–H groups in total. The maximum atomic E-state index is 13.6. The topological polar surface area (TPSA) is 107 Å². The molecular formula is C29H25N3O6S. The number of fused-ring (bicyclic) bond motifs is 1. The van der Waals surface area contributed by atoms with E-state index < -0.39 is 15.9 Å². The summed E-state index contributed by atoms with van der Waals surface area (Å²) >= 11 is 0. The Morgan fingerprint density at radius 3 is 2.38 bits per heavy atom. The van der Waals surface area contributed by atoms with Crippen LogP contribution in [-0.4, -0.2) is 34.4 Å². The molecule has 198 valence electrons. The van der Waals surface area contributed by atoms with Gasteiger partial charge in [-0.15, -0.1) is 0 Å². The normalized spacial score (nSPS) is 12.3. The molecule has 39 heavy (non-hydrogen) atoms. The summed E-state index contributed by atoms with van der Waals surface area (Å²) in [7, 11) is -2.31. The van der Waals surface area contributed by atoms with Crippen LogP contribution in [0.15, 0.2) is 107 Å². The third kappa shape index (κ3) is 5.86. The number of carbonyl (C=O) groups is 1. The molecule has 0 unspecified atom stereocenters. The number of ether oxygens (including phenoxy) is 3. The van der Waals surface area contributed by atoms with Gasteiger partial charge >= 0.3 is 0 Å². The van der Waals surface area contributed by atoms with E-state index in [1.807, 2.05) is 0 Å². The summed E-state index contributed by atoms with van der Waals surface area (Å²) in [5.74, 6) is 1.51. The summed E-state index contributed by atoms with van der Waals surface area (Å²) in [6.45, 7) is 0.242. The lowest BCUT2D eigenvalue weighted by molar-refractivity contribution is 0.0955. The Hall–Kier alpha value is -4.83. The average Bonchev–Trinajstić information content (AvgIpc) is 3.45. The summed E-state index contributed by atoms with van der Waals surface area (Å²) in [6, 6.07) is 27.1. The number of methoxy groups -OCH3 is 1. The van der Waals surface area contributed by atoms with Crippen molar-refractivity contribution in [1.29, 1.82) is 0 Å². The van der Waals surface area contributed by atoms with Gasteiger partial charge in [-0.25, -0.2) is 13.8 Å². The molecule has 0 aromatic heterocycles. The zero-order chi connectivity index (χ0) is 27.2. The van der Waals surface area contributed by atoms with Gasteiger partial charge in [0.25, 0.3) is 15.9 Å². The summed E-state index contributed by atoms with van der Waals surface area (Å²) in [5.41, 5.74) is 4.81. The lowest BCUT2D eigenvalue weighted by Gasteiger charge is -2.25. The van der Waals surface area contributed by atoms with Gasteiger partial charge in [0.15, 0.2) is 11.5 Å². The van der Waals surface area contributed by atoms with E-state index >= 15 is 0 Å². The van der Waals surface area contributed by atoms with Crippen LogP contribution >= 0.6 is 0 Å². The molecule has 0 atom stereocenters. The van der Waals surface area contributed by atoms with Crippen molar-refractivity contribution in [2.24, 2.45) is 5.10 Å². The number of anilines is 1. The van der Waals surface area contributed by atoms with E-state index in [1.165, 1.54) is 10.5 Å². The monoisotopic (exact) mass is 543 g/mol. The molecule has 4 aromatic rings. The minimum Gasteiger partial charge on any atom is -0.497 e. The van der Waals surface area contributed by atoms with Gasteiger partial charge in [0.05, 0.1) is 30.5 Å². The molecule has 1 aliphatic heterocycles. The second-order valence-electron chi connectivity index (χ2n) is 8.53. The van der Waals surface area contributed by atoms with Crippen LogP contribution < -0.4 is 23.9 Å². The van der Waals surface area contributed by atoms with E-state index in [1.54, 1.807) is 104 Å². The minimum absolute atomic E-state index is 0.0632. The molecule has 0 saturated heterocycles. The summed E-state index contributed by atoms with van der Waals surface area (Å²) < 4.78 is 44.3. The smallest absolute Gasteiger partial charge is 0.271 e. The zero-order valence-corrected chi connectivity index (χ0v) is 21.8. The van der Waals surface area contributed by atoms with Crippen molar-refractivity contribution < 1.29 is 27.4 Å². The molecule has 0 fully saturated rings.